The number of fused-ring (bicyclic) bond motifs is 1. The summed E-state index contributed by atoms with van der Waals surface area (Å²) in [4.78, 5) is 11.0. The van der Waals surface area contributed by atoms with Gasteiger partial charge in [-0.15, -0.1) is 10.2 Å². The average Bonchev–Trinajstić information content (AvgIpc) is 2.59. The minimum atomic E-state index is 0.160. The Morgan fingerprint density at radius 1 is 1.44 bits per heavy atom. The summed E-state index contributed by atoms with van der Waals surface area (Å²) in [5.41, 5.74) is 1.80. The van der Waals surface area contributed by atoms with E-state index in [1.807, 2.05) is 22.7 Å². The maximum absolute atomic E-state index is 11.0. The number of Topliss-reactive ketones (excluding diaryl/α,β-unsaturated/α-hetero) is 1. The van der Waals surface area contributed by atoms with Crippen molar-refractivity contribution in [2.45, 2.75) is 33.1 Å². The van der Waals surface area contributed by atoms with Crippen molar-refractivity contribution < 1.29 is 4.79 Å². The van der Waals surface area contributed by atoms with Crippen molar-refractivity contribution in [3.8, 4) is 0 Å². The van der Waals surface area contributed by atoms with Crippen molar-refractivity contribution >= 4 is 11.4 Å². The fourth-order valence-electron chi connectivity index (χ4n) is 1.74. The molecular weight excluding hydrogens is 202 g/mol. The van der Waals surface area contributed by atoms with Crippen molar-refractivity contribution in [1.29, 1.82) is 0 Å². The minimum Gasteiger partial charge on any atom is -0.300 e. The van der Waals surface area contributed by atoms with Crippen LogP contribution in [-0.4, -0.2) is 20.4 Å². The second-order valence-corrected chi connectivity index (χ2v) is 4.35. The van der Waals surface area contributed by atoms with E-state index in [2.05, 4.69) is 24.0 Å². The molecule has 0 aliphatic heterocycles. The number of carbonyl (C=O) groups excluding carboxylic acids is 1. The minimum absolute atomic E-state index is 0.160. The number of hydrogen-bond acceptors (Lipinski definition) is 3. The fourth-order valence-corrected chi connectivity index (χ4v) is 1.74. The summed E-state index contributed by atoms with van der Waals surface area (Å²) in [6, 6.07) is 3.86. The van der Waals surface area contributed by atoms with Crippen molar-refractivity contribution in [2.75, 3.05) is 0 Å². The highest BCUT2D eigenvalue weighted by Gasteiger charge is 2.09. The number of hydrogen-bond donors (Lipinski definition) is 0. The number of ketones is 1. The third-order valence-corrected chi connectivity index (χ3v) is 2.47. The van der Waals surface area contributed by atoms with Crippen LogP contribution in [0.15, 0.2) is 18.3 Å². The predicted octanol–water partition coefficient (Wildman–Crippen LogP) is 1.98. The molecule has 0 fully saturated rings. The van der Waals surface area contributed by atoms with E-state index in [4.69, 9.17) is 0 Å². The van der Waals surface area contributed by atoms with Gasteiger partial charge in [-0.05, 0) is 24.6 Å². The quantitative estimate of drug-likeness (QED) is 0.789. The van der Waals surface area contributed by atoms with Crippen LogP contribution in [0.25, 0.3) is 5.65 Å². The highest BCUT2D eigenvalue weighted by Crippen LogP contribution is 2.14. The summed E-state index contributed by atoms with van der Waals surface area (Å²) < 4.78 is 1.97. The van der Waals surface area contributed by atoms with Gasteiger partial charge < -0.3 is 0 Å². The van der Waals surface area contributed by atoms with Crippen LogP contribution in [0, 0.1) is 0 Å². The van der Waals surface area contributed by atoms with Crippen LogP contribution in [0.1, 0.15) is 38.1 Å². The number of nitrogens with zero attached hydrogens (tertiary/aromatic N) is 3. The van der Waals surface area contributed by atoms with E-state index in [0.717, 1.165) is 17.0 Å². The SMILES string of the molecule is CC(=O)Cc1ccn2c(C(C)C)nnc2c1. The van der Waals surface area contributed by atoms with Crippen LogP contribution in [-0.2, 0) is 11.2 Å². The van der Waals surface area contributed by atoms with E-state index in [-0.39, 0.29) is 5.78 Å². The van der Waals surface area contributed by atoms with Crippen molar-refractivity contribution in [3.05, 3.63) is 29.7 Å². The molecule has 4 heteroatoms. The lowest BCUT2D eigenvalue weighted by Gasteiger charge is -2.03. The standard InChI is InChI=1S/C12H15N3O/c1-8(2)12-14-13-11-7-10(6-9(3)16)4-5-15(11)12/h4-5,7-8H,6H2,1-3H3. The van der Waals surface area contributed by atoms with E-state index < -0.39 is 0 Å². The molecule has 2 aromatic heterocycles. The maximum Gasteiger partial charge on any atom is 0.161 e. The lowest BCUT2D eigenvalue weighted by atomic mass is 10.1. The molecule has 0 saturated heterocycles. The second-order valence-electron chi connectivity index (χ2n) is 4.35. The highest BCUT2D eigenvalue weighted by atomic mass is 16.1. The van der Waals surface area contributed by atoms with Crippen LogP contribution in [0.2, 0.25) is 0 Å². The largest absolute Gasteiger partial charge is 0.300 e. The smallest absolute Gasteiger partial charge is 0.161 e. The van der Waals surface area contributed by atoms with E-state index >= 15 is 0 Å². The predicted molar refractivity (Wildman–Crippen MR) is 61.5 cm³/mol. The van der Waals surface area contributed by atoms with Crippen LogP contribution in [0.3, 0.4) is 0 Å². The van der Waals surface area contributed by atoms with Gasteiger partial charge in [-0.1, -0.05) is 13.8 Å². The molecule has 0 saturated carbocycles. The van der Waals surface area contributed by atoms with E-state index in [1.165, 1.54) is 0 Å². The third kappa shape index (κ3) is 1.96. The molecule has 0 N–H and O–H groups in total. The zero-order valence-electron chi connectivity index (χ0n) is 9.77. The van der Waals surface area contributed by atoms with E-state index in [9.17, 15) is 4.79 Å². The Kier molecular flexibility index (Phi) is 2.73. The molecule has 0 aliphatic carbocycles. The Morgan fingerprint density at radius 2 is 2.19 bits per heavy atom. The van der Waals surface area contributed by atoms with Gasteiger partial charge in [-0.25, -0.2) is 0 Å². The van der Waals surface area contributed by atoms with Gasteiger partial charge in [0.2, 0.25) is 0 Å². The first-order valence-corrected chi connectivity index (χ1v) is 5.41. The summed E-state index contributed by atoms with van der Waals surface area (Å²) in [5, 5.41) is 8.25. The lowest BCUT2D eigenvalue weighted by Crippen LogP contribution is -1.99. The Labute approximate surface area is 94.3 Å². The van der Waals surface area contributed by atoms with Crippen LogP contribution < -0.4 is 0 Å². The van der Waals surface area contributed by atoms with Gasteiger partial charge in [-0.2, -0.15) is 0 Å². The van der Waals surface area contributed by atoms with Crippen molar-refractivity contribution in [2.24, 2.45) is 0 Å². The van der Waals surface area contributed by atoms with Crippen LogP contribution >= 0.6 is 0 Å². The Hall–Kier alpha value is -1.71. The summed E-state index contributed by atoms with van der Waals surface area (Å²) in [7, 11) is 0. The van der Waals surface area contributed by atoms with Crippen molar-refractivity contribution in [3.63, 3.8) is 0 Å². The molecule has 4 nitrogen and oxygen atoms in total. The average molecular weight is 217 g/mol. The van der Waals surface area contributed by atoms with E-state index in [0.29, 0.717) is 12.3 Å². The number of aromatic nitrogens is 3. The molecule has 0 aromatic carbocycles. The Balaban J connectivity index is 2.45. The van der Waals surface area contributed by atoms with Gasteiger partial charge in [-0.3, -0.25) is 9.20 Å². The molecule has 16 heavy (non-hydrogen) atoms. The van der Waals surface area contributed by atoms with Gasteiger partial charge in [0.05, 0.1) is 0 Å². The summed E-state index contributed by atoms with van der Waals surface area (Å²) in [5.74, 6) is 1.45. The molecule has 0 unspecified atom stereocenters. The second kappa shape index (κ2) is 4.04. The summed E-state index contributed by atoms with van der Waals surface area (Å²) in [6.45, 7) is 5.76. The number of carbonyl (C=O) groups is 1. The number of pyridine rings is 1. The van der Waals surface area contributed by atoms with E-state index in [1.54, 1.807) is 6.92 Å². The first-order valence-electron chi connectivity index (χ1n) is 5.41. The normalized spacial score (nSPS) is 11.2. The zero-order chi connectivity index (χ0) is 11.7. The molecular formula is C12H15N3O. The van der Waals surface area contributed by atoms with Gasteiger partial charge in [0.1, 0.15) is 11.6 Å². The molecule has 2 heterocycles. The molecule has 0 radical (unpaired) electrons. The molecule has 0 spiro atoms. The molecule has 0 atom stereocenters. The molecule has 0 aliphatic rings. The first-order chi connectivity index (χ1) is 7.58. The Bertz CT molecular complexity index is 528. The summed E-state index contributed by atoms with van der Waals surface area (Å²) >= 11 is 0. The molecule has 0 amide bonds. The molecule has 2 aromatic rings. The summed E-state index contributed by atoms with van der Waals surface area (Å²) in [6.07, 6.45) is 2.39. The van der Waals surface area contributed by atoms with Gasteiger partial charge in [0.15, 0.2) is 5.65 Å². The van der Waals surface area contributed by atoms with Crippen LogP contribution in [0.5, 0.6) is 0 Å². The molecule has 0 bridgehead atoms. The zero-order valence-corrected chi connectivity index (χ0v) is 9.77. The first kappa shape index (κ1) is 10.8. The monoisotopic (exact) mass is 217 g/mol. The van der Waals surface area contributed by atoms with Gasteiger partial charge in [0, 0.05) is 18.5 Å². The Morgan fingerprint density at radius 3 is 2.81 bits per heavy atom. The lowest BCUT2D eigenvalue weighted by molar-refractivity contribution is -0.116. The van der Waals surface area contributed by atoms with Gasteiger partial charge >= 0.3 is 0 Å². The fraction of sp³-hybridized carbons (Fsp3) is 0.417. The third-order valence-electron chi connectivity index (χ3n) is 2.47. The van der Waals surface area contributed by atoms with Crippen LogP contribution in [0.4, 0.5) is 0 Å². The molecule has 84 valence electrons. The molecule has 2 rings (SSSR count). The topological polar surface area (TPSA) is 47.3 Å². The number of rotatable bonds is 3. The van der Waals surface area contributed by atoms with Gasteiger partial charge in [0.25, 0.3) is 0 Å². The highest BCUT2D eigenvalue weighted by molar-refractivity contribution is 5.78. The maximum atomic E-state index is 11.0. The van der Waals surface area contributed by atoms with Crippen molar-refractivity contribution in [1.82, 2.24) is 14.6 Å².